The van der Waals surface area contributed by atoms with Gasteiger partial charge in [-0.25, -0.2) is 13.6 Å². The lowest BCUT2D eigenvalue weighted by Gasteiger charge is -2.32. The number of carbonyl (C=O) groups excluding carboxylic acids is 2. The van der Waals surface area contributed by atoms with Gasteiger partial charge in [-0.05, 0) is 30.7 Å². The Morgan fingerprint density at radius 3 is 2.85 bits per heavy atom. The van der Waals surface area contributed by atoms with Crippen LogP contribution in [0.15, 0.2) is 18.2 Å². The number of hydrogen-bond donors (Lipinski definition) is 2. The van der Waals surface area contributed by atoms with Gasteiger partial charge < -0.3 is 5.32 Å². The Hall–Kier alpha value is -2.55. The van der Waals surface area contributed by atoms with Gasteiger partial charge in [-0.2, -0.15) is 5.10 Å². The first-order valence-corrected chi connectivity index (χ1v) is 8.53. The molecule has 0 bridgehead atoms. The van der Waals surface area contributed by atoms with E-state index >= 15 is 0 Å². The van der Waals surface area contributed by atoms with Crippen LogP contribution in [-0.2, 0) is 11.8 Å². The number of aryl methyl sites for hydroxylation is 1. The van der Waals surface area contributed by atoms with Crippen LogP contribution in [0.2, 0.25) is 0 Å². The highest BCUT2D eigenvalue weighted by Crippen LogP contribution is 2.39. The van der Waals surface area contributed by atoms with E-state index in [1.165, 1.54) is 4.90 Å². The Labute approximate surface area is 148 Å². The maximum atomic E-state index is 14.3. The maximum absolute atomic E-state index is 14.3. The van der Waals surface area contributed by atoms with Crippen molar-refractivity contribution in [3.05, 3.63) is 23.8 Å². The summed E-state index contributed by atoms with van der Waals surface area (Å²) in [6.07, 6.45) is 0.559. The lowest BCUT2D eigenvalue weighted by molar-refractivity contribution is -0.120. The molecule has 0 spiro atoms. The number of aromatic nitrogens is 2. The fourth-order valence-electron chi connectivity index (χ4n) is 3.68. The zero-order valence-corrected chi connectivity index (χ0v) is 14.3. The summed E-state index contributed by atoms with van der Waals surface area (Å²) >= 11 is 0. The zero-order chi connectivity index (χ0) is 18.5. The second-order valence-electron chi connectivity index (χ2n) is 6.76. The van der Waals surface area contributed by atoms with Gasteiger partial charge in [0, 0.05) is 25.4 Å². The number of carbonyl (C=O) groups is 2. The Morgan fingerprint density at radius 2 is 2.12 bits per heavy atom. The van der Waals surface area contributed by atoms with Gasteiger partial charge >= 0.3 is 6.03 Å². The molecule has 0 saturated carbocycles. The molecule has 7 nitrogen and oxygen atoms in total. The van der Waals surface area contributed by atoms with E-state index in [1.807, 2.05) is 0 Å². The normalized spacial score (nSPS) is 23.3. The number of hydrogen-bond acceptors (Lipinski definition) is 4. The van der Waals surface area contributed by atoms with Crippen LogP contribution in [0.1, 0.15) is 24.3 Å². The third-order valence-electron chi connectivity index (χ3n) is 5.05. The van der Waals surface area contributed by atoms with Crippen molar-refractivity contribution in [1.82, 2.24) is 20.4 Å². The molecular formula is C17H19F2N5O2. The summed E-state index contributed by atoms with van der Waals surface area (Å²) in [5, 5.41) is 10.1. The molecule has 2 N–H and O–H groups in total. The fourth-order valence-corrected chi connectivity index (χ4v) is 3.68. The van der Waals surface area contributed by atoms with Gasteiger partial charge in [0.25, 0.3) is 5.92 Å². The monoisotopic (exact) mass is 363 g/mol. The summed E-state index contributed by atoms with van der Waals surface area (Å²) in [4.78, 5) is 24.8. The number of piperidine rings is 1. The summed E-state index contributed by atoms with van der Waals surface area (Å²) < 4.78 is 30.1. The second-order valence-corrected chi connectivity index (χ2v) is 6.76. The summed E-state index contributed by atoms with van der Waals surface area (Å²) in [7, 11) is 1.71. The number of anilines is 1. The quantitative estimate of drug-likeness (QED) is 0.852. The molecule has 2 aromatic rings. The van der Waals surface area contributed by atoms with E-state index in [4.69, 9.17) is 0 Å². The van der Waals surface area contributed by atoms with Gasteiger partial charge in [-0.15, -0.1) is 0 Å². The van der Waals surface area contributed by atoms with Gasteiger partial charge in [0.05, 0.1) is 18.0 Å². The number of imide groups is 1. The number of benzene rings is 1. The summed E-state index contributed by atoms with van der Waals surface area (Å²) in [6.45, 7) is 0.468. The van der Waals surface area contributed by atoms with E-state index in [2.05, 4.69) is 15.7 Å². The van der Waals surface area contributed by atoms with Crippen LogP contribution in [-0.4, -0.2) is 47.3 Å². The van der Waals surface area contributed by atoms with E-state index in [9.17, 15) is 18.4 Å². The minimum Gasteiger partial charge on any atom is -0.311 e. The Kier molecular flexibility index (Phi) is 3.91. The van der Waals surface area contributed by atoms with Crippen LogP contribution in [0, 0.1) is 0 Å². The van der Waals surface area contributed by atoms with Gasteiger partial charge in [0.2, 0.25) is 5.91 Å². The third kappa shape index (κ3) is 2.72. The molecule has 26 heavy (non-hydrogen) atoms. The first-order valence-electron chi connectivity index (χ1n) is 8.53. The first-order chi connectivity index (χ1) is 12.4. The predicted molar refractivity (Wildman–Crippen MR) is 91.4 cm³/mol. The lowest BCUT2D eigenvalue weighted by atomic mass is 9.86. The highest BCUT2D eigenvalue weighted by Gasteiger charge is 2.42. The summed E-state index contributed by atoms with van der Waals surface area (Å²) in [5.41, 5.74) is 1.24. The molecule has 0 aliphatic carbocycles. The molecule has 3 heterocycles. The Balaban J connectivity index is 1.73. The molecule has 1 unspecified atom stereocenters. The molecule has 2 aliphatic rings. The zero-order valence-electron chi connectivity index (χ0n) is 14.3. The number of halogens is 2. The predicted octanol–water partition coefficient (Wildman–Crippen LogP) is 1.73. The van der Waals surface area contributed by atoms with Crippen molar-refractivity contribution in [3.63, 3.8) is 0 Å². The van der Waals surface area contributed by atoms with Crippen molar-refractivity contribution in [2.75, 3.05) is 24.5 Å². The number of rotatable bonds is 2. The number of nitrogens with one attached hydrogen (secondary N) is 2. The van der Waals surface area contributed by atoms with Crippen LogP contribution < -0.4 is 15.5 Å². The minimum atomic E-state index is -2.81. The average Bonchev–Trinajstić information content (AvgIpc) is 2.91. The van der Waals surface area contributed by atoms with Gasteiger partial charge in [0.1, 0.15) is 0 Å². The van der Waals surface area contributed by atoms with Crippen LogP contribution >= 0.6 is 0 Å². The molecule has 1 aromatic carbocycles. The van der Waals surface area contributed by atoms with E-state index in [-0.39, 0.29) is 25.4 Å². The fraction of sp³-hybridized carbons (Fsp3) is 0.471. The van der Waals surface area contributed by atoms with Gasteiger partial charge in [0.15, 0.2) is 5.82 Å². The van der Waals surface area contributed by atoms with Crippen molar-refractivity contribution in [2.24, 2.45) is 7.05 Å². The molecule has 4 rings (SSSR count). The van der Waals surface area contributed by atoms with Crippen molar-refractivity contribution in [3.8, 4) is 0 Å². The number of amides is 3. The van der Waals surface area contributed by atoms with Gasteiger partial charge in [-0.3, -0.25) is 19.7 Å². The molecule has 0 radical (unpaired) electrons. The average molecular weight is 363 g/mol. The molecular weight excluding hydrogens is 344 g/mol. The second kappa shape index (κ2) is 6.01. The molecule has 2 saturated heterocycles. The van der Waals surface area contributed by atoms with Crippen LogP contribution in [0.25, 0.3) is 10.9 Å². The third-order valence-corrected chi connectivity index (χ3v) is 5.05. The van der Waals surface area contributed by atoms with Crippen molar-refractivity contribution >= 4 is 28.7 Å². The lowest BCUT2D eigenvalue weighted by Crippen LogP contribution is -2.49. The van der Waals surface area contributed by atoms with Gasteiger partial charge in [-0.1, -0.05) is 6.07 Å². The minimum absolute atomic E-state index is 0.198. The topological polar surface area (TPSA) is 79.3 Å². The molecule has 2 fully saturated rings. The van der Waals surface area contributed by atoms with Crippen LogP contribution in [0.4, 0.5) is 19.4 Å². The van der Waals surface area contributed by atoms with E-state index in [0.717, 1.165) is 0 Å². The standard InChI is InChI=1S/C17H19F2N5O2/c1-23-13-8-10(12-4-6-20-9-17(12,18)19)2-3-11(13)15(22-23)24-7-5-14(25)21-16(24)26/h2-3,8,12,20H,4-7,9H2,1H3,(H,21,25,26). The first kappa shape index (κ1) is 16.9. The van der Waals surface area contributed by atoms with E-state index in [1.54, 1.807) is 29.9 Å². The number of urea groups is 1. The number of fused-ring (bicyclic) bond motifs is 1. The summed E-state index contributed by atoms with van der Waals surface area (Å²) in [6, 6.07) is 4.62. The number of alkyl halides is 2. The van der Waals surface area contributed by atoms with Crippen molar-refractivity contribution in [1.29, 1.82) is 0 Å². The Morgan fingerprint density at radius 1 is 1.31 bits per heavy atom. The van der Waals surface area contributed by atoms with E-state index in [0.29, 0.717) is 35.2 Å². The van der Waals surface area contributed by atoms with E-state index < -0.39 is 17.9 Å². The highest BCUT2D eigenvalue weighted by atomic mass is 19.3. The molecule has 1 atom stereocenters. The number of nitrogens with zero attached hydrogens (tertiary/aromatic N) is 3. The highest BCUT2D eigenvalue weighted by molar-refractivity contribution is 6.08. The molecule has 2 aliphatic heterocycles. The van der Waals surface area contributed by atoms with Crippen LogP contribution in [0.5, 0.6) is 0 Å². The molecule has 3 amide bonds. The smallest absolute Gasteiger partial charge is 0.311 e. The van der Waals surface area contributed by atoms with Crippen molar-refractivity contribution < 1.29 is 18.4 Å². The molecule has 9 heteroatoms. The summed E-state index contributed by atoms with van der Waals surface area (Å²) in [5.74, 6) is -3.54. The Bertz CT molecular complexity index is 895. The van der Waals surface area contributed by atoms with Crippen molar-refractivity contribution in [2.45, 2.75) is 24.7 Å². The maximum Gasteiger partial charge on any atom is 0.329 e. The SMILES string of the molecule is Cn1nc(N2CCC(=O)NC2=O)c2ccc(C3CCNCC3(F)F)cc21. The molecule has 138 valence electrons. The molecule has 1 aromatic heterocycles. The largest absolute Gasteiger partial charge is 0.329 e. The van der Waals surface area contributed by atoms with Crippen LogP contribution in [0.3, 0.4) is 0 Å².